The number of rotatable bonds is 13. The topological polar surface area (TPSA) is 86.8 Å². The van der Waals surface area contributed by atoms with Gasteiger partial charge in [0.05, 0.1) is 4.90 Å². The molecule has 0 spiro atoms. The van der Waals surface area contributed by atoms with Crippen molar-refractivity contribution in [1.29, 1.82) is 0 Å². The first kappa shape index (κ1) is 31.4. The van der Waals surface area contributed by atoms with E-state index < -0.39 is 16.1 Å². The van der Waals surface area contributed by atoms with Gasteiger partial charge in [0, 0.05) is 39.0 Å². The van der Waals surface area contributed by atoms with Crippen molar-refractivity contribution < 1.29 is 22.4 Å². The standard InChI is InChI=1S/C33H40FN3O4S/c1-25(2)23-35-33(39)31(22-27-8-4-3-5-9-27)37(24-28-10-15-29(34)16-11-28)32(38)19-14-26-12-17-30(18-13-26)42(40,41)36-20-6-7-21-36/h3-5,8-13,15-18,25,31H,6-7,14,19-24H2,1-2H3,(H,35,39). The molecule has 0 aliphatic carbocycles. The number of halogens is 1. The monoisotopic (exact) mass is 593 g/mol. The van der Waals surface area contributed by atoms with Crippen LogP contribution in [0.1, 0.15) is 49.8 Å². The zero-order valence-electron chi connectivity index (χ0n) is 24.3. The predicted molar refractivity (Wildman–Crippen MR) is 161 cm³/mol. The van der Waals surface area contributed by atoms with Gasteiger partial charge in [-0.3, -0.25) is 9.59 Å². The van der Waals surface area contributed by atoms with Crippen molar-refractivity contribution in [3.8, 4) is 0 Å². The van der Waals surface area contributed by atoms with E-state index in [-0.39, 0.29) is 41.4 Å². The summed E-state index contributed by atoms with van der Waals surface area (Å²) in [7, 11) is -3.51. The molecule has 0 saturated carbocycles. The molecule has 1 heterocycles. The molecule has 4 rings (SSSR count). The minimum Gasteiger partial charge on any atom is -0.354 e. The molecule has 0 bridgehead atoms. The Bertz CT molecular complexity index is 1420. The molecule has 1 atom stereocenters. The molecule has 9 heteroatoms. The molecule has 1 unspecified atom stereocenters. The highest BCUT2D eigenvalue weighted by Gasteiger charge is 2.31. The van der Waals surface area contributed by atoms with Crippen LogP contribution in [0, 0.1) is 11.7 Å². The number of nitrogens with zero attached hydrogens (tertiary/aromatic N) is 2. The molecule has 0 aromatic heterocycles. The maximum Gasteiger partial charge on any atom is 0.243 e. The summed E-state index contributed by atoms with van der Waals surface area (Å²) in [5.41, 5.74) is 2.47. The van der Waals surface area contributed by atoms with Gasteiger partial charge in [0.1, 0.15) is 11.9 Å². The molecular weight excluding hydrogens is 553 g/mol. The van der Waals surface area contributed by atoms with Gasteiger partial charge < -0.3 is 10.2 Å². The first-order valence-corrected chi connectivity index (χ1v) is 16.0. The molecule has 2 amide bonds. The maximum atomic E-state index is 13.8. The maximum absolute atomic E-state index is 13.8. The number of hydrogen-bond donors (Lipinski definition) is 1. The van der Waals surface area contributed by atoms with E-state index >= 15 is 0 Å². The van der Waals surface area contributed by atoms with Gasteiger partial charge >= 0.3 is 0 Å². The van der Waals surface area contributed by atoms with Crippen LogP contribution in [-0.4, -0.2) is 55.1 Å². The van der Waals surface area contributed by atoms with Gasteiger partial charge in [-0.1, -0.05) is 68.4 Å². The Morgan fingerprint density at radius 2 is 1.50 bits per heavy atom. The summed E-state index contributed by atoms with van der Waals surface area (Å²) in [5.74, 6) is -0.583. The van der Waals surface area contributed by atoms with E-state index in [0.717, 1.165) is 29.5 Å². The zero-order valence-corrected chi connectivity index (χ0v) is 25.2. The van der Waals surface area contributed by atoms with Gasteiger partial charge in [-0.05, 0) is 66.1 Å². The van der Waals surface area contributed by atoms with E-state index in [1.54, 1.807) is 41.3 Å². The lowest BCUT2D eigenvalue weighted by Crippen LogP contribution is -2.51. The number of amides is 2. The Morgan fingerprint density at radius 3 is 2.12 bits per heavy atom. The van der Waals surface area contributed by atoms with Crippen LogP contribution in [-0.2, 0) is 39.0 Å². The SMILES string of the molecule is CC(C)CNC(=O)C(Cc1ccccc1)N(Cc1ccc(F)cc1)C(=O)CCc1ccc(S(=O)(=O)N2CCCC2)cc1. The number of carbonyl (C=O) groups is 2. The minimum atomic E-state index is -3.51. The van der Waals surface area contributed by atoms with Gasteiger partial charge in [-0.15, -0.1) is 0 Å². The Labute approximate surface area is 248 Å². The van der Waals surface area contributed by atoms with Gasteiger partial charge in [0.2, 0.25) is 21.8 Å². The number of aryl methyl sites for hydroxylation is 1. The van der Waals surface area contributed by atoms with Crippen molar-refractivity contribution in [3.05, 3.63) is 101 Å². The smallest absolute Gasteiger partial charge is 0.243 e. The average Bonchev–Trinajstić information content (AvgIpc) is 3.54. The lowest BCUT2D eigenvalue weighted by molar-refractivity contribution is -0.141. The lowest BCUT2D eigenvalue weighted by atomic mass is 10.0. The van der Waals surface area contributed by atoms with Crippen molar-refractivity contribution in [2.45, 2.75) is 63.4 Å². The summed E-state index contributed by atoms with van der Waals surface area (Å²) in [5, 5.41) is 3.00. The Hall–Kier alpha value is -3.56. The van der Waals surface area contributed by atoms with Crippen LogP contribution in [0.5, 0.6) is 0 Å². The number of benzene rings is 3. The molecule has 1 N–H and O–H groups in total. The van der Waals surface area contributed by atoms with Crippen LogP contribution in [0.4, 0.5) is 4.39 Å². The quantitative estimate of drug-likeness (QED) is 0.304. The molecule has 1 aliphatic rings. The summed E-state index contributed by atoms with van der Waals surface area (Å²) in [6, 6.07) is 21.4. The van der Waals surface area contributed by atoms with Crippen LogP contribution >= 0.6 is 0 Å². The molecule has 7 nitrogen and oxygen atoms in total. The van der Waals surface area contributed by atoms with E-state index in [9.17, 15) is 22.4 Å². The molecule has 42 heavy (non-hydrogen) atoms. The zero-order chi connectivity index (χ0) is 30.1. The summed E-state index contributed by atoms with van der Waals surface area (Å²) >= 11 is 0. The van der Waals surface area contributed by atoms with Crippen LogP contribution in [0.3, 0.4) is 0 Å². The molecule has 1 saturated heterocycles. The first-order chi connectivity index (χ1) is 20.1. The second-order valence-electron chi connectivity index (χ2n) is 11.2. The number of sulfonamides is 1. The predicted octanol–water partition coefficient (Wildman–Crippen LogP) is 4.96. The highest BCUT2D eigenvalue weighted by molar-refractivity contribution is 7.89. The molecule has 0 radical (unpaired) electrons. The third-order valence-electron chi connectivity index (χ3n) is 7.48. The average molecular weight is 594 g/mol. The highest BCUT2D eigenvalue weighted by Crippen LogP contribution is 2.22. The summed E-state index contributed by atoms with van der Waals surface area (Å²) in [6.07, 6.45) is 2.58. The Morgan fingerprint density at radius 1 is 0.881 bits per heavy atom. The van der Waals surface area contributed by atoms with E-state index in [1.165, 1.54) is 16.4 Å². The van der Waals surface area contributed by atoms with Crippen molar-refractivity contribution >= 4 is 21.8 Å². The fraction of sp³-hybridized carbons (Fsp3) is 0.394. The summed E-state index contributed by atoms with van der Waals surface area (Å²) in [4.78, 5) is 29.2. The second-order valence-corrected chi connectivity index (χ2v) is 13.2. The molecule has 3 aromatic rings. The van der Waals surface area contributed by atoms with E-state index in [1.807, 2.05) is 44.2 Å². The highest BCUT2D eigenvalue weighted by atomic mass is 32.2. The van der Waals surface area contributed by atoms with Gasteiger partial charge in [0.15, 0.2) is 0 Å². The van der Waals surface area contributed by atoms with Crippen molar-refractivity contribution in [2.24, 2.45) is 5.92 Å². The minimum absolute atomic E-state index is 0.127. The Kier molecular flexibility index (Phi) is 10.9. The third kappa shape index (κ3) is 8.49. The van der Waals surface area contributed by atoms with E-state index in [4.69, 9.17) is 0 Å². The van der Waals surface area contributed by atoms with E-state index in [0.29, 0.717) is 32.5 Å². The van der Waals surface area contributed by atoms with Gasteiger partial charge in [0.25, 0.3) is 0 Å². The van der Waals surface area contributed by atoms with Crippen LogP contribution < -0.4 is 5.32 Å². The molecule has 224 valence electrons. The number of carbonyl (C=O) groups excluding carboxylic acids is 2. The summed E-state index contributed by atoms with van der Waals surface area (Å²) < 4.78 is 40.9. The van der Waals surface area contributed by atoms with Crippen LogP contribution in [0.25, 0.3) is 0 Å². The third-order valence-corrected chi connectivity index (χ3v) is 9.39. The molecule has 1 fully saturated rings. The summed E-state index contributed by atoms with van der Waals surface area (Å²) in [6.45, 7) is 5.73. The van der Waals surface area contributed by atoms with Gasteiger partial charge in [-0.2, -0.15) is 4.31 Å². The molecule has 3 aromatic carbocycles. The Balaban J connectivity index is 1.54. The van der Waals surface area contributed by atoms with Gasteiger partial charge in [-0.25, -0.2) is 12.8 Å². The van der Waals surface area contributed by atoms with Crippen molar-refractivity contribution in [1.82, 2.24) is 14.5 Å². The fourth-order valence-electron chi connectivity index (χ4n) is 5.06. The normalized spacial score (nSPS) is 14.6. The van der Waals surface area contributed by atoms with Crippen molar-refractivity contribution in [2.75, 3.05) is 19.6 Å². The van der Waals surface area contributed by atoms with E-state index in [2.05, 4.69) is 5.32 Å². The fourth-order valence-corrected chi connectivity index (χ4v) is 6.58. The van der Waals surface area contributed by atoms with Crippen LogP contribution in [0.15, 0.2) is 83.8 Å². The largest absolute Gasteiger partial charge is 0.354 e. The van der Waals surface area contributed by atoms with Crippen LogP contribution in [0.2, 0.25) is 0 Å². The number of nitrogens with one attached hydrogen (secondary N) is 1. The lowest BCUT2D eigenvalue weighted by Gasteiger charge is -2.32. The first-order valence-electron chi connectivity index (χ1n) is 14.6. The number of hydrogen-bond acceptors (Lipinski definition) is 4. The molecular formula is C33H40FN3O4S. The second kappa shape index (κ2) is 14.6. The van der Waals surface area contributed by atoms with Crippen molar-refractivity contribution in [3.63, 3.8) is 0 Å². The molecule has 1 aliphatic heterocycles.